The quantitative estimate of drug-likeness (QED) is 0.799. The van der Waals surface area contributed by atoms with Crippen LogP contribution in [0, 0.1) is 12.8 Å². The van der Waals surface area contributed by atoms with Crippen molar-refractivity contribution in [1.29, 1.82) is 0 Å². The number of hydrogen-bond acceptors (Lipinski definition) is 3. The van der Waals surface area contributed by atoms with Gasteiger partial charge in [-0.15, -0.1) is 11.3 Å². The van der Waals surface area contributed by atoms with E-state index in [1.165, 1.54) is 4.88 Å². The van der Waals surface area contributed by atoms with Crippen LogP contribution >= 0.6 is 11.3 Å². The van der Waals surface area contributed by atoms with E-state index in [9.17, 15) is 8.42 Å². The normalized spacial score (nSPS) is 12.3. The molecule has 0 aliphatic rings. The zero-order valence-corrected chi connectivity index (χ0v) is 10.4. The van der Waals surface area contributed by atoms with E-state index < -0.39 is 9.84 Å². The number of hydrogen-bond donors (Lipinski definition) is 0. The molecule has 1 aromatic rings. The highest BCUT2D eigenvalue weighted by Crippen LogP contribution is 2.16. The summed E-state index contributed by atoms with van der Waals surface area (Å²) < 4.78 is 23.2. The summed E-state index contributed by atoms with van der Waals surface area (Å²) in [6.45, 7) is 5.84. The first kappa shape index (κ1) is 11.7. The van der Waals surface area contributed by atoms with Gasteiger partial charge in [0.1, 0.15) is 0 Å². The van der Waals surface area contributed by atoms with E-state index >= 15 is 0 Å². The Balaban J connectivity index is 2.69. The summed E-state index contributed by atoms with van der Waals surface area (Å²) in [5.74, 6) is 0.678. The van der Waals surface area contributed by atoms with Gasteiger partial charge in [-0.3, -0.25) is 0 Å². The van der Waals surface area contributed by atoms with Crippen molar-refractivity contribution in [1.82, 2.24) is 0 Å². The SMILES string of the molecule is Cc1cc(CS(=O)(=O)CC(C)C)cs1. The molecule has 0 N–H and O–H groups in total. The lowest BCUT2D eigenvalue weighted by molar-refractivity contribution is 0.581. The molecule has 0 aromatic carbocycles. The Morgan fingerprint density at radius 1 is 1.43 bits per heavy atom. The van der Waals surface area contributed by atoms with Crippen LogP contribution in [0.4, 0.5) is 0 Å². The molecule has 0 aliphatic carbocycles. The highest BCUT2D eigenvalue weighted by molar-refractivity contribution is 7.90. The summed E-state index contributed by atoms with van der Waals surface area (Å²) >= 11 is 1.60. The van der Waals surface area contributed by atoms with Gasteiger partial charge in [0.2, 0.25) is 0 Å². The fraction of sp³-hybridized carbons (Fsp3) is 0.600. The Kier molecular flexibility index (Phi) is 3.72. The zero-order valence-electron chi connectivity index (χ0n) is 8.78. The van der Waals surface area contributed by atoms with Crippen LogP contribution in [0.15, 0.2) is 11.4 Å². The van der Waals surface area contributed by atoms with Gasteiger partial charge in [-0.05, 0) is 29.9 Å². The van der Waals surface area contributed by atoms with E-state index in [1.807, 2.05) is 32.2 Å². The maximum absolute atomic E-state index is 11.6. The Morgan fingerprint density at radius 3 is 2.50 bits per heavy atom. The monoisotopic (exact) mass is 232 g/mol. The molecule has 1 aromatic heterocycles. The highest BCUT2D eigenvalue weighted by Gasteiger charge is 2.14. The van der Waals surface area contributed by atoms with E-state index in [4.69, 9.17) is 0 Å². The van der Waals surface area contributed by atoms with Gasteiger partial charge in [-0.1, -0.05) is 13.8 Å². The van der Waals surface area contributed by atoms with Crippen LogP contribution in [-0.4, -0.2) is 14.2 Å². The molecular formula is C10H16O2S2. The van der Waals surface area contributed by atoms with Crippen LogP contribution in [0.1, 0.15) is 24.3 Å². The van der Waals surface area contributed by atoms with E-state index in [0.29, 0.717) is 0 Å². The molecule has 0 bridgehead atoms. The van der Waals surface area contributed by atoms with Crippen LogP contribution in [0.3, 0.4) is 0 Å². The lowest BCUT2D eigenvalue weighted by Crippen LogP contribution is -2.13. The van der Waals surface area contributed by atoms with Gasteiger partial charge in [0.25, 0.3) is 0 Å². The molecule has 1 heterocycles. The third-order valence-corrected chi connectivity index (χ3v) is 4.62. The third-order valence-electron chi connectivity index (χ3n) is 1.76. The molecule has 2 nitrogen and oxygen atoms in total. The van der Waals surface area contributed by atoms with Gasteiger partial charge in [0, 0.05) is 4.88 Å². The average molecular weight is 232 g/mol. The Bertz CT molecular complexity index is 388. The minimum absolute atomic E-state index is 0.190. The number of sulfone groups is 1. The molecule has 0 spiro atoms. The van der Waals surface area contributed by atoms with E-state index in [0.717, 1.165) is 5.56 Å². The molecule has 4 heteroatoms. The van der Waals surface area contributed by atoms with Crippen molar-refractivity contribution in [2.45, 2.75) is 26.5 Å². The second-order valence-corrected chi connectivity index (χ2v) is 7.24. The Morgan fingerprint density at radius 2 is 2.07 bits per heavy atom. The first-order chi connectivity index (χ1) is 6.39. The highest BCUT2D eigenvalue weighted by atomic mass is 32.2. The summed E-state index contributed by atoms with van der Waals surface area (Å²) in [6.07, 6.45) is 0. The molecule has 0 saturated carbocycles. The molecule has 0 atom stereocenters. The zero-order chi connectivity index (χ0) is 10.8. The average Bonchev–Trinajstić information content (AvgIpc) is 2.30. The van der Waals surface area contributed by atoms with Crippen molar-refractivity contribution < 1.29 is 8.42 Å². The van der Waals surface area contributed by atoms with Gasteiger partial charge < -0.3 is 0 Å². The minimum Gasteiger partial charge on any atom is -0.228 e. The van der Waals surface area contributed by atoms with Crippen LogP contribution < -0.4 is 0 Å². The van der Waals surface area contributed by atoms with Gasteiger partial charge in [-0.2, -0.15) is 0 Å². The number of aryl methyl sites for hydroxylation is 1. The van der Waals surface area contributed by atoms with E-state index in [-0.39, 0.29) is 17.4 Å². The third kappa shape index (κ3) is 3.80. The summed E-state index contributed by atoms with van der Waals surface area (Å²) in [5.41, 5.74) is 0.924. The first-order valence-corrected chi connectivity index (χ1v) is 7.33. The largest absolute Gasteiger partial charge is 0.228 e. The summed E-state index contributed by atoms with van der Waals surface area (Å²) in [5, 5.41) is 1.92. The van der Waals surface area contributed by atoms with E-state index in [2.05, 4.69) is 0 Å². The first-order valence-electron chi connectivity index (χ1n) is 4.63. The predicted octanol–water partition coefficient (Wildman–Crippen LogP) is 2.63. The lowest BCUT2D eigenvalue weighted by atomic mass is 10.3. The molecule has 0 amide bonds. The van der Waals surface area contributed by atoms with Crippen molar-refractivity contribution in [3.8, 4) is 0 Å². The van der Waals surface area contributed by atoms with Crippen molar-refractivity contribution >= 4 is 21.2 Å². The molecule has 0 aliphatic heterocycles. The fourth-order valence-corrected chi connectivity index (χ4v) is 4.02. The standard InChI is InChI=1S/C10H16O2S2/c1-8(2)6-14(11,12)7-10-4-9(3)13-5-10/h4-5,8H,6-7H2,1-3H3. The van der Waals surface area contributed by atoms with Gasteiger partial charge >= 0.3 is 0 Å². The smallest absolute Gasteiger partial charge is 0.154 e. The molecule has 0 unspecified atom stereocenters. The van der Waals surface area contributed by atoms with Crippen molar-refractivity contribution in [3.63, 3.8) is 0 Å². The van der Waals surface area contributed by atoms with Crippen LogP contribution in [0.2, 0.25) is 0 Å². The second-order valence-electron chi connectivity index (χ2n) is 4.01. The van der Waals surface area contributed by atoms with Crippen LogP contribution in [0.5, 0.6) is 0 Å². The summed E-state index contributed by atoms with van der Waals surface area (Å²) in [7, 11) is -2.91. The maximum atomic E-state index is 11.6. The number of rotatable bonds is 4. The topological polar surface area (TPSA) is 34.1 Å². The predicted molar refractivity (Wildman–Crippen MR) is 61.4 cm³/mol. The van der Waals surface area contributed by atoms with Gasteiger partial charge in [0.15, 0.2) is 9.84 Å². The lowest BCUT2D eigenvalue weighted by Gasteiger charge is -2.05. The van der Waals surface area contributed by atoms with Crippen molar-refractivity contribution in [3.05, 3.63) is 21.9 Å². The molecule has 0 saturated heterocycles. The molecule has 1 rings (SSSR count). The second kappa shape index (κ2) is 4.45. The minimum atomic E-state index is -2.91. The van der Waals surface area contributed by atoms with E-state index in [1.54, 1.807) is 11.3 Å². The summed E-state index contributed by atoms with van der Waals surface area (Å²) in [4.78, 5) is 1.17. The fourth-order valence-electron chi connectivity index (χ4n) is 1.39. The van der Waals surface area contributed by atoms with Crippen molar-refractivity contribution in [2.24, 2.45) is 5.92 Å². The Hall–Kier alpha value is -0.350. The van der Waals surface area contributed by atoms with Gasteiger partial charge in [0.05, 0.1) is 11.5 Å². The number of thiophene rings is 1. The molecular weight excluding hydrogens is 216 g/mol. The Labute approximate surface area is 89.9 Å². The summed E-state index contributed by atoms with van der Waals surface area (Å²) in [6, 6.07) is 1.95. The van der Waals surface area contributed by atoms with Crippen LogP contribution in [0.25, 0.3) is 0 Å². The van der Waals surface area contributed by atoms with Crippen molar-refractivity contribution in [2.75, 3.05) is 5.75 Å². The molecule has 80 valence electrons. The molecule has 0 fully saturated rings. The molecule has 14 heavy (non-hydrogen) atoms. The molecule has 0 radical (unpaired) electrons. The van der Waals surface area contributed by atoms with Gasteiger partial charge in [-0.25, -0.2) is 8.42 Å². The van der Waals surface area contributed by atoms with Crippen LogP contribution in [-0.2, 0) is 15.6 Å². The maximum Gasteiger partial charge on any atom is 0.154 e.